The fourth-order valence-corrected chi connectivity index (χ4v) is 4.53. The number of hydrogen-bond donors (Lipinski definition) is 1. The number of esters is 1. The van der Waals surface area contributed by atoms with Gasteiger partial charge >= 0.3 is 5.97 Å². The van der Waals surface area contributed by atoms with Crippen molar-refractivity contribution in [3.8, 4) is 5.75 Å². The molecule has 0 saturated heterocycles. The second-order valence-corrected chi connectivity index (χ2v) is 10.9. The number of unbranched alkanes of at least 4 members (excludes halogenated alkanes) is 14. The van der Waals surface area contributed by atoms with Crippen LogP contribution in [0.1, 0.15) is 126 Å². The van der Waals surface area contributed by atoms with Crippen molar-refractivity contribution in [1.82, 2.24) is 5.43 Å². The lowest BCUT2D eigenvalue weighted by molar-refractivity contribution is -0.121. The number of amides is 1. The van der Waals surface area contributed by atoms with E-state index in [0.717, 1.165) is 22.9 Å². The van der Waals surface area contributed by atoms with Crippen LogP contribution in [0.4, 0.5) is 0 Å². The van der Waals surface area contributed by atoms with Crippen LogP contribution in [0.2, 0.25) is 0 Å². The Morgan fingerprint density at radius 1 is 0.737 bits per heavy atom. The number of hydrazone groups is 1. The van der Waals surface area contributed by atoms with Crippen molar-refractivity contribution in [3.05, 3.63) is 64.1 Å². The molecule has 0 spiro atoms. The topological polar surface area (TPSA) is 67.8 Å². The average molecular weight is 586 g/mol. The molecule has 2 aromatic carbocycles. The molecule has 2 aromatic rings. The highest BCUT2D eigenvalue weighted by molar-refractivity contribution is 9.10. The normalized spacial score (nSPS) is 11.1. The predicted octanol–water partition coefficient (Wildman–Crippen LogP) is 9.38. The minimum absolute atomic E-state index is 0.0593. The number of nitrogens with one attached hydrogen (secondary N) is 1. The monoisotopic (exact) mass is 584 g/mol. The zero-order valence-electron chi connectivity index (χ0n) is 23.1. The molecule has 38 heavy (non-hydrogen) atoms. The molecule has 0 aliphatic rings. The number of carbonyl (C=O) groups excluding carboxylic acids is 2. The van der Waals surface area contributed by atoms with E-state index in [4.69, 9.17) is 4.74 Å². The standard InChI is InChI=1S/C32H45BrN2O3/c1-2-3-4-5-6-7-8-9-10-11-12-13-14-15-16-17-31(36)35-34-26-27-18-24-30(25-19-27)38-32(37)28-20-22-29(33)23-21-28/h18-26H,2-17H2,1H3,(H,35,36)/b34-26-. The molecule has 208 valence electrons. The van der Waals surface area contributed by atoms with Gasteiger partial charge in [-0.15, -0.1) is 0 Å². The summed E-state index contributed by atoms with van der Waals surface area (Å²) in [4.78, 5) is 24.2. The molecule has 0 fully saturated rings. The van der Waals surface area contributed by atoms with E-state index >= 15 is 0 Å². The van der Waals surface area contributed by atoms with E-state index < -0.39 is 5.97 Å². The van der Waals surface area contributed by atoms with Gasteiger partial charge < -0.3 is 4.74 Å². The van der Waals surface area contributed by atoms with Crippen molar-refractivity contribution in [2.75, 3.05) is 0 Å². The Hall–Kier alpha value is -2.47. The summed E-state index contributed by atoms with van der Waals surface area (Å²) in [6.07, 6.45) is 21.8. The van der Waals surface area contributed by atoms with Gasteiger partial charge in [0.1, 0.15) is 5.75 Å². The summed E-state index contributed by atoms with van der Waals surface area (Å²) in [6, 6.07) is 14.0. The molecule has 1 N–H and O–H groups in total. The van der Waals surface area contributed by atoms with Gasteiger partial charge in [0.2, 0.25) is 5.91 Å². The molecule has 0 bridgehead atoms. The molecule has 0 aliphatic carbocycles. The van der Waals surface area contributed by atoms with Crippen molar-refractivity contribution in [1.29, 1.82) is 0 Å². The lowest BCUT2D eigenvalue weighted by Crippen LogP contribution is -2.16. The van der Waals surface area contributed by atoms with Crippen LogP contribution in [0.5, 0.6) is 5.75 Å². The first kappa shape index (κ1) is 31.7. The largest absolute Gasteiger partial charge is 0.423 e. The molecule has 1 amide bonds. The lowest BCUT2D eigenvalue weighted by Gasteiger charge is -2.05. The highest BCUT2D eigenvalue weighted by Gasteiger charge is 2.08. The average Bonchev–Trinajstić information content (AvgIpc) is 2.92. The molecule has 0 atom stereocenters. The van der Waals surface area contributed by atoms with E-state index in [9.17, 15) is 9.59 Å². The summed E-state index contributed by atoms with van der Waals surface area (Å²) < 4.78 is 6.29. The third kappa shape index (κ3) is 15.1. The number of benzene rings is 2. The molecule has 0 radical (unpaired) electrons. The quantitative estimate of drug-likeness (QED) is 0.0553. The maximum absolute atomic E-state index is 12.2. The van der Waals surface area contributed by atoms with Crippen molar-refractivity contribution in [2.45, 2.75) is 110 Å². The van der Waals surface area contributed by atoms with Crippen molar-refractivity contribution in [2.24, 2.45) is 5.10 Å². The Kier molecular flexibility index (Phi) is 17.1. The van der Waals surface area contributed by atoms with Crippen LogP contribution in [0.25, 0.3) is 0 Å². The molecule has 0 aromatic heterocycles. The third-order valence-electron chi connectivity index (χ3n) is 6.58. The minimum atomic E-state index is -0.412. The summed E-state index contributed by atoms with van der Waals surface area (Å²) in [5.74, 6) is -0.0201. The summed E-state index contributed by atoms with van der Waals surface area (Å²) in [7, 11) is 0. The van der Waals surface area contributed by atoms with E-state index in [-0.39, 0.29) is 5.91 Å². The number of nitrogens with zero attached hydrogens (tertiary/aromatic N) is 1. The Morgan fingerprint density at radius 3 is 1.76 bits per heavy atom. The highest BCUT2D eigenvalue weighted by Crippen LogP contribution is 2.16. The second kappa shape index (κ2) is 20.5. The molecule has 0 saturated carbocycles. The SMILES string of the molecule is CCCCCCCCCCCCCCCCCC(=O)N/N=C\c1ccc(OC(=O)c2ccc(Br)cc2)cc1. The number of rotatable bonds is 20. The van der Waals surface area contributed by atoms with E-state index in [0.29, 0.717) is 17.7 Å². The summed E-state index contributed by atoms with van der Waals surface area (Å²) in [5, 5.41) is 4.04. The van der Waals surface area contributed by atoms with Gasteiger partial charge in [-0.3, -0.25) is 4.79 Å². The van der Waals surface area contributed by atoms with Gasteiger partial charge in [0, 0.05) is 10.9 Å². The maximum atomic E-state index is 12.2. The Bertz CT molecular complexity index is 942. The zero-order valence-corrected chi connectivity index (χ0v) is 24.6. The molecule has 6 heteroatoms. The van der Waals surface area contributed by atoms with Gasteiger partial charge in [-0.05, 0) is 60.5 Å². The van der Waals surface area contributed by atoms with E-state index in [2.05, 4.69) is 33.4 Å². The van der Waals surface area contributed by atoms with Crippen LogP contribution in [-0.2, 0) is 4.79 Å². The maximum Gasteiger partial charge on any atom is 0.343 e. The third-order valence-corrected chi connectivity index (χ3v) is 7.11. The second-order valence-electron chi connectivity index (χ2n) is 9.96. The molecular formula is C32H45BrN2O3. The van der Waals surface area contributed by atoms with Crippen LogP contribution in [-0.4, -0.2) is 18.1 Å². The number of carbonyl (C=O) groups is 2. The molecule has 2 rings (SSSR count). The number of ether oxygens (including phenoxy) is 1. The van der Waals surface area contributed by atoms with Crippen LogP contribution >= 0.6 is 15.9 Å². The van der Waals surface area contributed by atoms with Crippen LogP contribution < -0.4 is 10.2 Å². The Morgan fingerprint density at radius 2 is 1.24 bits per heavy atom. The van der Waals surface area contributed by atoms with Gasteiger partial charge in [-0.25, -0.2) is 10.2 Å². The van der Waals surface area contributed by atoms with E-state index in [1.807, 2.05) is 0 Å². The van der Waals surface area contributed by atoms with E-state index in [1.165, 1.54) is 83.5 Å². The molecule has 0 unspecified atom stereocenters. The summed E-state index contributed by atoms with van der Waals surface area (Å²) in [6.45, 7) is 2.27. The molecule has 0 heterocycles. The first-order valence-corrected chi connectivity index (χ1v) is 15.3. The molecule has 5 nitrogen and oxygen atoms in total. The van der Waals surface area contributed by atoms with Gasteiger partial charge in [0.05, 0.1) is 11.8 Å². The highest BCUT2D eigenvalue weighted by atomic mass is 79.9. The Labute approximate surface area is 238 Å². The van der Waals surface area contributed by atoms with Crippen molar-refractivity contribution < 1.29 is 14.3 Å². The number of halogens is 1. The first-order chi connectivity index (χ1) is 18.6. The summed E-state index contributed by atoms with van der Waals surface area (Å²) in [5.41, 5.74) is 3.88. The molecule has 0 aliphatic heterocycles. The van der Waals surface area contributed by atoms with Crippen molar-refractivity contribution >= 4 is 34.0 Å². The van der Waals surface area contributed by atoms with E-state index in [1.54, 1.807) is 54.7 Å². The fourth-order valence-electron chi connectivity index (χ4n) is 4.27. The van der Waals surface area contributed by atoms with Crippen LogP contribution in [0.15, 0.2) is 58.1 Å². The zero-order chi connectivity index (χ0) is 27.3. The van der Waals surface area contributed by atoms with Crippen LogP contribution in [0.3, 0.4) is 0 Å². The van der Waals surface area contributed by atoms with Gasteiger partial charge in [-0.2, -0.15) is 5.10 Å². The smallest absolute Gasteiger partial charge is 0.343 e. The van der Waals surface area contributed by atoms with Gasteiger partial charge in [-0.1, -0.05) is 113 Å². The molecular weight excluding hydrogens is 540 g/mol. The van der Waals surface area contributed by atoms with Gasteiger partial charge in [0.15, 0.2) is 0 Å². The van der Waals surface area contributed by atoms with Crippen LogP contribution in [0, 0.1) is 0 Å². The first-order valence-electron chi connectivity index (χ1n) is 14.5. The van der Waals surface area contributed by atoms with Crippen molar-refractivity contribution in [3.63, 3.8) is 0 Å². The Balaban J connectivity index is 1.46. The van der Waals surface area contributed by atoms with Gasteiger partial charge in [0.25, 0.3) is 0 Å². The fraction of sp³-hybridized carbons (Fsp3) is 0.531. The summed E-state index contributed by atoms with van der Waals surface area (Å²) >= 11 is 3.35. The predicted molar refractivity (Wildman–Crippen MR) is 161 cm³/mol. The lowest BCUT2D eigenvalue weighted by atomic mass is 10.0. The minimum Gasteiger partial charge on any atom is -0.423 e. The number of hydrogen-bond acceptors (Lipinski definition) is 4.